The molecule has 1 N–H and O–H groups in total. The summed E-state index contributed by atoms with van der Waals surface area (Å²) in [5.74, 6) is 2.74. The molecule has 1 aromatic carbocycles. The van der Waals surface area contributed by atoms with Crippen LogP contribution < -0.4 is 14.8 Å². The lowest BCUT2D eigenvalue weighted by Gasteiger charge is -2.41. The number of hydrogen-bond acceptors (Lipinski definition) is 6. The average molecular weight is 447 g/mol. The number of likely N-dealkylation sites (tertiary alicyclic amines) is 1. The van der Waals surface area contributed by atoms with Crippen LogP contribution in [0.3, 0.4) is 0 Å². The van der Waals surface area contributed by atoms with E-state index in [1.807, 2.05) is 18.2 Å². The summed E-state index contributed by atoms with van der Waals surface area (Å²) in [4.78, 5) is 20.6. The van der Waals surface area contributed by atoms with Crippen LogP contribution in [0.15, 0.2) is 18.2 Å². The maximum absolute atomic E-state index is 13.1. The summed E-state index contributed by atoms with van der Waals surface area (Å²) in [6, 6.07) is 5.79. The van der Waals surface area contributed by atoms with Gasteiger partial charge in [-0.15, -0.1) is 0 Å². The quantitative estimate of drug-likeness (QED) is 0.627. The van der Waals surface area contributed by atoms with Crippen LogP contribution in [0.5, 0.6) is 11.5 Å². The normalized spacial score (nSPS) is 23.3. The van der Waals surface area contributed by atoms with Crippen molar-refractivity contribution in [2.75, 3.05) is 73.6 Å². The van der Waals surface area contributed by atoms with Crippen molar-refractivity contribution in [3.63, 3.8) is 0 Å². The van der Waals surface area contributed by atoms with E-state index < -0.39 is 0 Å². The van der Waals surface area contributed by atoms with E-state index in [1.54, 1.807) is 14.2 Å². The van der Waals surface area contributed by atoms with Crippen LogP contribution >= 0.6 is 0 Å². The Labute approximate surface area is 194 Å². The van der Waals surface area contributed by atoms with E-state index in [9.17, 15) is 4.79 Å². The smallest absolute Gasteiger partial charge is 0.224 e. The molecule has 0 unspecified atom stereocenters. The van der Waals surface area contributed by atoms with Crippen molar-refractivity contribution in [1.29, 1.82) is 0 Å². The summed E-state index contributed by atoms with van der Waals surface area (Å²) in [5.41, 5.74) is 1.01. The standard InChI is InChI=1S/C25H42N4O3/c1-19(2)15-29-17-21(16-28-10-8-27(3)9-11-28)12-22(18-29)25(30)26-14-20-6-7-23(31-4)24(13-20)32-5/h6-7,13,19,21-22H,8-12,14-18H2,1-5H3,(H,26,30)/t21-,22-/m1/s1. The lowest BCUT2D eigenvalue weighted by molar-refractivity contribution is -0.128. The summed E-state index contributed by atoms with van der Waals surface area (Å²) in [7, 11) is 5.46. The summed E-state index contributed by atoms with van der Waals surface area (Å²) in [5, 5.41) is 3.18. The fourth-order valence-corrected chi connectivity index (χ4v) is 5.01. The lowest BCUT2D eigenvalue weighted by Crippen LogP contribution is -2.52. The summed E-state index contributed by atoms with van der Waals surface area (Å²) in [6.45, 7) is 13.7. The molecule has 3 rings (SSSR count). The van der Waals surface area contributed by atoms with Gasteiger partial charge in [-0.1, -0.05) is 19.9 Å². The molecule has 0 saturated carbocycles. The zero-order valence-corrected chi connectivity index (χ0v) is 20.6. The molecule has 0 aliphatic carbocycles. The Kier molecular flexibility index (Phi) is 9.20. The third-order valence-electron chi connectivity index (χ3n) is 6.63. The highest BCUT2D eigenvalue weighted by atomic mass is 16.5. The number of nitrogens with zero attached hydrogens (tertiary/aromatic N) is 3. The number of rotatable bonds is 9. The van der Waals surface area contributed by atoms with Gasteiger partial charge in [-0.2, -0.15) is 0 Å². The molecule has 1 amide bonds. The predicted molar refractivity (Wildman–Crippen MR) is 128 cm³/mol. The number of piperidine rings is 1. The van der Waals surface area contributed by atoms with Gasteiger partial charge in [-0.3, -0.25) is 4.79 Å². The minimum absolute atomic E-state index is 0.0418. The number of carbonyl (C=O) groups excluding carboxylic acids is 1. The molecule has 1 aromatic rings. The molecule has 7 nitrogen and oxygen atoms in total. The van der Waals surface area contributed by atoms with Gasteiger partial charge in [0.2, 0.25) is 5.91 Å². The molecule has 0 radical (unpaired) electrons. The van der Waals surface area contributed by atoms with E-state index in [2.05, 4.69) is 40.9 Å². The highest BCUT2D eigenvalue weighted by Gasteiger charge is 2.33. The molecule has 7 heteroatoms. The number of ether oxygens (including phenoxy) is 2. The fourth-order valence-electron chi connectivity index (χ4n) is 5.01. The number of methoxy groups -OCH3 is 2. The van der Waals surface area contributed by atoms with Crippen molar-refractivity contribution in [1.82, 2.24) is 20.0 Å². The van der Waals surface area contributed by atoms with Gasteiger partial charge < -0.3 is 29.5 Å². The fraction of sp³-hybridized carbons (Fsp3) is 0.720. The van der Waals surface area contributed by atoms with E-state index in [-0.39, 0.29) is 11.8 Å². The summed E-state index contributed by atoms with van der Waals surface area (Å²) >= 11 is 0. The van der Waals surface area contributed by atoms with Crippen molar-refractivity contribution in [3.8, 4) is 11.5 Å². The van der Waals surface area contributed by atoms with E-state index in [4.69, 9.17) is 9.47 Å². The van der Waals surface area contributed by atoms with Crippen molar-refractivity contribution in [3.05, 3.63) is 23.8 Å². The molecule has 2 atom stereocenters. The van der Waals surface area contributed by atoms with E-state index >= 15 is 0 Å². The van der Waals surface area contributed by atoms with Gasteiger partial charge in [0, 0.05) is 58.9 Å². The minimum atomic E-state index is 0.0418. The highest BCUT2D eigenvalue weighted by Crippen LogP contribution is 2.28. The van der Waals surface area contributed by atoms with Gasteiger partial charge >= 0.3 is 0 Å². The van der Waals surface area contributed by atoms with Gasteiger partial charge in [-0.25, -0.2) is 0 Å². The lowest BCUT2D eigenvalue weighted by atomic mass is 9.87. The molecule has 0 aromatic heterocycles. The van der Waals surface area contributed by atoms with Crippen molar-refractivity contribution >= 4 is 5.91 Å². The molecule has 0 bridgehead atoms. The van der Waals surface area contributed by atoms with E-state index in [0.29, 0.717) is 29.9 Å². The first-order chi connectivity index (χ1) is 15.4. The zero-order valence-electron chi connectivity index (χ0n) is 20.6. The number of amides is 1. The molecule has 180 valence electrons. The Morgan fingerprint density at radius 3 is 2.44 bits per heavy atom. The van der Waals surface area contributed by atoms with Crippen molar-refractivity contribution < 1.29 is 14.3 Å². The number of carbonyl (C=O) groups is 1. The van der Waals surface area contributed by atoms with Crippen LogP contribution in [0.1, 0.15) is 25.8 Å². The second-order valence-corrected chi connectivity index (χ2v) is 9.92. The average Bonchev–Trinajstić information content (AvgIpc) is 2.78. The third-order valence-corrected chi connectivity index (χ3v) is 6.63. The van der Waals surface area contributed by atoms with Gasteiger partial charge in [-0.05, 0) is 43.0 Å². The molecule has 2 aliphatic rings. The number of likely N-dealkylation sites (N-methyl/N-ethyl adjacent to an activating group) is 1. The maximum atomic E-state index is 13.1. The number of nitrogens with one attached hydrogen (secondary N) is 1. The van der Waals surface area contributed by atoms with Gasteiger partial charge in [0.1, 0.15) is 0 Å². The van der Waals surface area contributed by atoms with Crippen LogP contribution in [-0.2, 0) is 11.3 Å². The molecule has 0 spiro atoms. The molecular formula is C25H42N4O3. The molecule has 2 saturated heterocycles. The van der Waals surface area contributed by atoms with E-state index in [1.165, 1.54) is 0 Å². The predicted octanol–water partition coefficient (Wildman–Crippen LogP) is 2.16. The Morgan fingerprint density at radius 2 is 1.78 bits per heavy atom. The van der Waals surface area contributed by atoms with Crippen LogP contribution in [-0.4, -0.2) is 94.2 Å². The highest BCUT2D eigenvalue weighted by molar-refractivity contribution is 5.79. The van der Waals surface area contributed by atoms with E-state index in [0.717, 1.165) is 64.3 Å². The Bertz CT molecular complexity index is 734. The van der Waals surface area contributed by atoms with Crippen LogP contribution in [0.2, 0.25) is 0 Å². The molecule has 2 aliphatic heterocycles. The molecule has 2 fully saturated rings. The SMILES string of the molecule is COc1ccc(CNC(=O)[C@@H]2C[C@H](CN3CCN(C)CC3)CN(CC(C)C)C2)cc1OC. The minimum Gasteiger partial charge on any atom is -0.493 e. The Hall–Kier alpha value is -1.83. The van der Waals surface area contributed by atoms with Crippen LogP contribution in [0.25, 0.3) is 0 Å². The second kappa shape index (κ2) is 11.9. The largest absolute Gasteiger partial charge is 0.493 e. The first-order valence-corrected chi connectivity index (χ1v) is 12.0. The van der Waals surface area contributed by atoms with Gasteiger partial charge in [0.05, 0.1) is 20.1 Å². The number of piperazine rings is 1. The van der Waals surface area contributed by atoms with Crippen LogP contribution in [0, 0.1) is 17.8 Å². The summed E-state index contributed by atoms with van der Waals surface area (Å²) < 4.78 is 10.7. The zero-order chi connectivity index (χ0) is 23.1. The van der Waals surface area contributed by atoms with Crippen LogP contribution in [0.4, 0.5) is 0 Å². The van der Waals surface area contributed by atoms with Crippen molar-refractivity contribution in [2.24, 2.45) is 17.8 Å². The topological polar surface area (TPSA) is 57.3 Å². The monoisotopic (exact) mass is 446 g/mol. The number of hydrogen-bond donors (Lipinski definition) is 1. The maximum Gasteiger partial charge on any atom is 0.224 e. The first-order valence-electron chi connectivity index (χ1n) is 12.0. The van der Waals surface area contributed by atoms with Crippen molar-refractivity contribution in [2.45, 2.75) is 26.8 Å². The molecule has 32 heavy (non-hydrogen) atoms. The Morgan fingerprint density at radius 1 is 1.06 bits per heavy atom. The van der Waals surface area contributed by atoms with Gasteiger partial charge in [0.25, 0.3) is 0 Å². The Balaban J connectivity index is 1.59. The second-order valence-electron chi connectivity index (χ2n) is 9.92. The molecule has 2 heterocycles. The number of benzene rings is 1. The van der Waals surface area contributed by atoms with Gasteiger partial charge in [0.15, 0.2) is 11.5 Å². The third kappa shape index (κ3) is 7.09. The molecular weight excluding hydrogens is 404 g/mol. The summed E-state index contributed by atoms with van der Waals surface area (Å²) in [6.07, 6.45) is 0.971. The first kappa shape index (κ1) is 24.8.